The summed E-state index contributed by atoms with van der Waals surface area (Å²) in [4.78, 5) is 6.53. The highest BCUT2D eigenvalue weighted by atomic mass is 32.2. The number of rotatable bonds is 5. The van der Waals surface area contributed by atoms with Gasteiger partial charge >= 0.3 is 0 Å². The fourth-order valence-electron chi connectivity index (χ4n) is 1.21. The average Bonchev–Trinajstić information content (AvgIpc) is 2.98. The number of H-pyrrole nitrogens is 1. The summed E-state index contributed by atoms with van der Waals surface area (Å²) in [5.41, 5.74) is 0.641. The monoisotopic (exact) mass is 257 g/mol. The van der Waals surface area contributed by atoms with E-state index < -0.39 is 10.0 Å². The molecule has 3 N–H and O–H groups in total. The third kappa shape index (κ3) is 2.73. The number of imidazole rings is 1. The van der Waals surface area contributed by atoms with E-state index in [0.717, 1.165) is 0 Å². The van der Waals surface area contributed by atoms with Gasteiger partial charge in [-0.2, -0.15) is 0 Å². The molecule has 0 saturated carbocycles. The van der Waals surface area contributed by atoms with Gasteiger partial charge in [-0.15, -0.1) is 0 Å². The first kappa shape index (κ1) is 11.8. The molecule has 0 aliphatic heterocycles. The topological polar surface area (TPSA) is 108 Å². The smallest absolute Gasteiger partial charge is 0.274 e. The van der Waals surface area contributed by atoms with E-state index in [9.17, 15) is 8.42 Å². The maximum atomic E-state index is 11.7. The van der Waals surface area contributed by atoms with E-state index in [-0.39, 0.29) is 24.0 Å². The Bertz CT molecular complexity index is 573. The lowest BCUT2D eigenvalue weighted by Crippen LogP contribution is -2.22. The molecule has 17 heavy (non-hydrogen) atoms. The first-order valence-corrected chi connectivity index (χ1v) is 6.26. The van der Waals surface area contributed by atoms with Crippen molar-refractivity contribution in [1.82, 2.24) is 14.7 Å². The standard InChI is InChI=1S/C9H11N3O4S/c13-5-8-1-2-9(16-8)17(14,15)12-4-7-3-10-6-11-7/h1-3,6,12-13H,4-5H2,(H,10,11). The SMILES string of the molecule is O=S(=O)(NCc1cnc[nH]1)c1ccc(CO)o1. The van der Waals surface area contributed by atoms with Crippen LogP contribution in [0.4, 0.5) is 0 Å². The molecule has 8 heteroatoms. The van der Waals surface area contributed by atoms with Crippen molar-refractivity contribution in [2.45, 2.75) is 18.2 Å². The van der Waals surface area contributed by atoms with Crippen molar-refractivity contribution in [1.29, 1.82) is 0 Å². The van der Waals surface area contributed by atoms with Gasteiger partial charge < -0.3 is 14.5 Å². The van der Waals surface area contributed by atoms with Crippen LogP contribution < -0.4 is 4.72 Å². The number of aliphatic hydroxyl groups is 1. The minimum absolute atomic E-state index is 0.0947. The molecule has 0 atom stereocenters. The molecule has 0 aliphatic carbocycles. The van der Waals surface area contributed by atoms with E-state index in [0.29, 0.717) is 5.69 Å². The fourth-order valence-corrected chi connectivity index (χ4v) is 2.16. The normalized spacial score (nSPS) is 11.8. The maximum absolute atomic E-state index is 11.7. The van der Waals surface area contributed by atoms with Crippen molar-refractivity contribution in [2.75, 3.05) is 0 Å². The Morgan fingerprint density at radius 3 is 2.88 bits per heavy atom. The Labute approximate surface area is 97.5 Å². The molecule has 0 saturated heterocycles. The van der Waals surface area contributed by atoms with E-state index in [1.165, 1.54) is 24.7 Å². The molecule has 0 aliphatic rings. The number of furan rings is 1. The van der Waals surface area contributed by atoms with Crippen LogP contribution >= 0.6 is 0 Å². The van der Waals surface area contributed by atoms with Gasteiger partial charge in [0.2, 0.25) is 5.09 Å². The van der Waals surface area contributed by atoms with E-state index in [2.05, 4.69) is 14.7 Å². The van der Waals surface area contributed by atoms with Gasteiger partial charge in [0.05, 0.1) is 12.9 Å². The summed E-state index contributed by atoms with van der Waals surface area (Å²) < 4.78 is 30.8. The largest absolute Gasteiger partial charge is 0.446 e. The number of nitrogens with one attached hydrogen (secondary N) is 2. The molecule has 7 nitrogen and oxygen atoms in total. The van der Waals surface area contributed by atoms with Crippen molar-refractivity contribution in [3.63, 3.8) is 0 Å². The molecule has 0 fully saturated rings. The van der Waals surface area contributed by atoms with Crippen LogP contribution in [0.1, 0.15) is 11.5 Å². The molecule has 0 radical (unpaired) electrons. The summed E-state index contributed by atoms with van der Waals surface area (Å²) in [6, 6.07) is 2.70. The van der Waals surface area contributed by atoms with Gasteiger partial charge in [-0.25, -0.2) is 18.1 Å². The highest BCUT2D eigenvalue weighted by Crippen LogP contribution is 2.13. The average molecular weight is 257 g/mol. The van der Waals surface area contributed by atoms with Crippen LogP contribution in [0.5, 0.6) is 0 Å². The fraction of sp³-hybridized carbons (Fsp3) is 0.222. The lowest BCUT2D eigenvalue weighted by atomic mass is 10.5. The van der Waals surface area contributed by atoms with Gasteiger partial charge in [0.25, 0.3) is 10.0 Å². The first-order valence-electron chi connectivity index (χ1n) is 4.78. The third-order valence-electron chi connectivity index (χ3n) is 2.07. The summed E-state index contributed by atoms with van der Waals surface area (Å²) in [7, 11) is -3.70. The molecule has 0 bridgehead atoms. The van der Waals surface area contributed by atoms with E-state index in [4.69, 9.17) is 9.52 Å². The Kier molecular flexibility index (Phi) is 3.27. The van der Waals surface area contributed by atoms with Crippen molar-refractivity contribution < 1.29 is 17.9 Å². The molecule has 0 aromatic carbocycles. The summed E-state index contributed by atoms with van der Waals surface area (Å²) in [5, 5.41) is 8.55. The van der Waals surface area contributed by atoms with E-state index >= 15 is 0 Å². The zero-order chi connectivity index (χ0) is 12.3. The Hall–Kier alpha value is -1.64. The summed E-state index contributed by atoms with van der Waals surface area (Å²) in [6.45, 7) is -0.243. The number of nitrogens with zero attached hydrogens (tertiary/aromatic N) is 1. The van der Waals surface area contributed by atoms with Gasteiger partial charge in [0.1, 0.15) is 12.4 Å². The number of hydrogen-bond acceptors (Lipinski definition) is 5. The molecule has 2 aromatic rings. The molecule has 0 spiro atoms. The minimum Gasteiger partial charge on any atom is -0.446 e. The van der Waals surface area contributed by atoms with Crippen LogP contribution in [-0.4, -0.2) is 23.5 Å². The molecule has 2 heterocycles. The van der Waals surface area contributed by atoms with Gasteiger partial charge in [0, 0.05) is 11.9 Å². The maximum Gasteiger partial charge on any atom is 0.274 e. The van der Waals surface area contributed by atoms with Crippen LogP contribution in [0.25, 0.3) is 0 Å². The van der Waals surface area contributed by atoms with Gasteiger partial charge in [0.15, 0.2) is 0 Å². The highest BCUT2D eigenvalue weighted by molar-refractivity contribution is 7.89. The van der Waals surface area contributed by atoms with Crippen molar-refractivity contribution in [2.24, 2.45) is 0 Å². The minimum atomic E-state index is -3.70. The molecular weight excluding hydrogens is 246 g/mol. The summed E-state index contributed by atoms with van der Waals surface area (Å²) >= 11 is 0. The predicted octanol–water partition coefficient (Wildman–Crippen LogP) is -0.0265. The number of aliphatic hydroxyl groups excluding tert-OH is 1. The van der Waals surface area contributed by atoms with Gasteiger partial charge in [-0.3, -0.25) is 0 Å². The summed E-state index contributed by atoms with van der Waals surface area (Å²) in [5.74, 6) is 0.201. The number of aromatic amines is 1. The Morgan fingerprint density at radius 1 is 1.47 bits per heavy atom. The third-order valence-corrected chi connectivity index (χ3v) is 3.34. The number of sulfonamides is 1. The lowest BCUT2D eigenvalue weighted by molar-refractivity contribution is 0.236. The second kappa shape index (κ2) is 4.70. The first-order chi connectivity index (χ1) is 8.12. The van der Waals surface area contributed by atoms with Crippen LogP contribution in [0, 0.1) is 0 Å². The van der Waals surface area contributed by atoms with Crippen molar-refractivity contribution >= 4 is 10.0 Å². The Balaban J connectivity index is 2.08. The molecule has 0 amide bonds. The number of aromatic nitrogens is 2. The molecule has 0 unspecified atom stereocenters. The van der Waals surface area contributed by atoms with Crippen molar-refractivity contribution in [3.05, 3.63) is 36.1 Å². The van der Waals surface area contributed by atoms with Crippen LogP contribution in [0.3, 0.4) is 0 Å². The van der Waals surface area contributed by atoms with E-state index in [1.807, 2.05) is 0 Å². The molecule has 2 aromatic heterocycles. The van der Waals surface area contributed by atoms with E-state index in [1.54, 1.807) is 0 Å². The quantitative estimate of drug-likeness (QED) is 0.697. The van der Waals surface area contributed by atoms with Gasteiger partial charge in [-0.1, -0.05) is 0 Å². The summed E-state index contributed by atoms with van der Waals surface area (Å²) in [6.07, 6.45) is 2.98. The van der Waals surface area contributed by atoms with Crippen LogP contribution in [-0.2, 0) is 23.2 Å². The second-order valence-electron chi connectivity index (χ2n) is 3.28. The highest BCUT2D eigenvalue weighted by Gasteiger charge is 2.18. The number of hydrogen-bond donors (Lipinski definition) is 3. The molecule has 92 valence electrons. The van der Waals surface area contributed by atoms with Crippen LogP contribution in [0.15, 0.2) is 34.2 Å². The van der Waals surface area contributed by atoms with Gasteiger partial charge in [-0.05, 0) is 12.1 Å². The lowest BCUT2D eigenvalue weighted by Gasteiger charge is -2.01. The molecule has 2 rings (SSSR count). The Morgan fingerprint density at radius 2 is 2.29 bits per heavy atom. The van der Waals surface area contributed by atoms with Crippen molar-refractivity contribution in [3.8, 4) is 0 Å². The zero-order valence-electron chi connectivity index (χ0n) is 8.75. The zero-order valence-corrected chi connectivity index (χ0v) is 9.57. The predicted molar refractivity (Wildman–Crippen MR) is 57.2 cm³/mol. The molecular formula is C9H11N3O4S. The van der Waals surface area contributed by atoms with Crippen LogP contribution in [0.2, 0.25) is 0 Å². The second-order valence-corrected chi connectivity index (χ2v) is 4.98.